The molecule has 32 heavy (non-hydrogen) atoms. The van der Waals surface area contributed by atoms with E-state index in [-0.39, 0.29) is 18.8 Å². The van der Waals surface area contributed by atoms with Gasteiger partial charge in [0.05, 0.1) is 17.9 Å². The third kappa shape index (κ3) is 4.49. The van der Waals surface area contributed by atoms with Crippen LogP contribution < -0.4 is 14.8 Å². The molecule has 0 fully saturated rings. The molecule has 0 unspecified atom stereocenters. The highest BCUT2D eigenvalue weighted by atomic mass is 16.6. The molecular formula is C24H24N4O4. The van der Waals surface area contributed by atoms with Crippen LogP contribution in [0.1, 0.15) is 27.3 Å². The zero-order valence-electron chi connectivity index (χ0n) is 17.8. The number of nitrogens with one attached hydrogen (secondary N) is 1. The minimum Gasteiger partial charge on any atom is -0.486 e. The van der Waals surface area contributed by atoms with E-state index in [0.717, 1.165) is 16.8 Å². The van der Waals surface area contributed by atoms with E-state index in [0.29, 0.717) is 54.6 Å². The maximum absolute atomic E-state index is 12.9. The van der Waals surface area contributed by atoms with E-state index in [9.17, 15) is 10.1 Å². The maximum Gasteiger partial charge on any atom is 0.187 e. The molecule has 1 aromatic heterocycles. The van der Waals surface area contributed by atoms with E-state index in [1.165, 1.54) is 0 Å². The Bertz CT molecular complexity index is 1180. The predicted molar refractivity (Wildman–Crippen MR) is 118 cm³/mol. The molecule has 0 amide bonds. The zero-order chi connectivity index (χ0) is 22.5. The Morgan fingerprint density at radius 1 is 1.22 bits per heavy atom. The summed E-state index contributed by atoms with van der Waals surface area (Å²) in [6, 6.07) is 15.1. The molecule has 0 atom stereocenters. The van der Waals surface area contributed by atoms with E-state index in [1.54, 1.807) is 23.9 Å². The van der Waals surface area contributed by atoms with Gasteiger partial charge in [-0.1, -0.05) is 24.3 Å². The fourth-order valence-electron chi connectivity index (χ4n) is 3.70. The largest absolute Gasteiger partial charge is 0.486 e. The first kappa shape index (κ1) is 21.6. The number of aryl methyl sites for hydroxylation is 1. The number of ether oxygens (including phenoxy) is 2. The van der Waals surface area contributed by atoms with Gasteiger partial charge >= 0.3 is 0 Å². The summed E-state index contributed by atoms with van der Waals surface area (Å²) in [4.78, 5) is 12.9. The average molecular weight is 432 g/mol. The summed E-state index contributed by atoms with van der Waals surface area (Å²) in [7, 11) is 1.77. The number of fused-ring (bicyclic) bond motifs is 1. The monoisotopic (exact) mass is 432 g/mol. The summed E-state index contributed by atoms with van der Waals surface area (Å²) < 4.78 is 12.9. The molecule has 0 saturated carbocycles. The normalized spacial score (nSPS) is 12.4. The van der Waals surface area contributed by atoms with Gasteiger partial charge in [-0.3, -0.25) is 9.48 Å². The third-order valence-corrected chi connectivity index (χ3v) is 5.32. The summed E-state index contributed by atoms with van der Waals surface area (Å²) in [6.07, 6.45) is 0.0712. The number of hydrogen-bond donors (Lipinski definition) is 2. The van der Waals surface area contributed by atoms with Crippen LogP contribution in [-0.2, 0) is 20.0 Å². The number of aromatic nitrogens is 2. The van der Waals surface area contributed by atoms with Crippen molar-refractivity contribution in [2.75, 3.05) is 26.4 Å². The molecule has 164 valence electrons. The molecule has 2 aromatic carbocycles. The molecule has 0 bridgehead atoms. The van der Waals surface area contributed by atoms with Gasteiger partial charge in [0.2, 0.25) is 0 Å². The SMILES string of the molecule is Cn1nc(C(=O)Cc2cccc(-c3ccc4c(c3)OCCO4)c2C#N)cc1CNCCO. The highest BCUT2D eigenvalue weighted by molar-refractivity contribution is 5.96. The van der Waals surface area contributed by atoms with Crippen molar-refractivity contribution in [3.05, 3.63) is 65.0 Å². The lowest BCUT2D eigenvalue weighted by atomic mass is 9.93. The maximum atomic E-state index is 12.9. The first-order valence-corrected chi connectivity index (χ1v) is 10.4. The van der Waals surface area contributed by atoms with Crippen molar-refractivity contribution in [3.63, 3.8) is 0 Å². The van der Waals surface area contributed by atoms with Crippen molar-refractivity contribution in [1.29, 1.82) is 5.26 Å². The Hall–Kier alpha value is -3.67. The molecule has 0 radical (unpaired) electrons. The minimum atomic E-state index is -0.162. The van der Waals surface area contributed by atoms with Gasteiger partial charge < -0.3 is 19.9 Å². The van der Waals surface area contributed by atoms with Gasteiger partial charge in [0.15, 0.2) is 17.3 Å². The van der Waals surface area contributed by atoms with Crippen molar-refractivity contribution >= 4 is 5.78 Å². The number of aliphatic hydroxyl groups is 1. The van der Waals surface area contributed by atoms with Gasteiger partial charge in [-0.05, 0) is 34.9 Å². The number of benzene rings is 2. The first-order valence-electron chi connectivity index (χ1n) is 10.4. The van der Waals surface area contributed by atoms with Crippen LogP contribution in [-0.4, -0.2) is 47.0 Å². The Balaban J connectivity index is 1.58. The van der Waals surface area contributed by atoms with Crippen LogP contribution in [0.2, 0.25) is 0 Å². The van der Waals surface area contributed by atoms with E-state index in [1.807, 2.05) is 30.3 Å². The van der Waals surface area contributed by atoms with Gasteiger partial charge in [-0.15, -0.1) is 0 Å². The molecule has 8 nitrogen and oxygen atoms in total. The summed E-state index contributed by atoms with van der Waals surface area (Å²) in [5.74, 6) is 1.17. The van der Waals surface area contributed by atoms with Crippen molar-refractivity contribution < 1.29 is 19.4 Å². The molecule has 2 heterocycles. The molecule has 8 heteroatoms. The zero-order valence-corrected chi connectivity index (χ0v) is 17.8. The summed E-state index contributed by atoms with van der Waals surface area (Å²) >= 11 is 0. The second kappa shape index (κ2) is 9.64. The van der Waals surface area contributed by atoms with E-state index >= 15 is 0 Å². The summed E-state index contributed by atoms with van der Waals surface area (Å²) in [5.41, 5.74) is 3.86. The number of hydrogen-bond acceptors (Lipinski definition) is 7. The van der Waals surface area contributed by atoms with Gasteiger partial charge in [-0.2, -0.15) is 10.4 Å². The average Bonchev–Trinajstić information content (AvgIpc) is 3.19. The number of carbonyl (C=O) groups excluding carboxylic acids is 1. The lowest BCUT2D eigenvalue weighted by molar-refractivity contribution is 0.0987. The fraction of sp³-hybridized carbons (Fsp3) is 0.292. The van der Waals surface area contributed by atoms with Gasteiger partial charge in [0.25, 0.3) is 0 Å². The van der Waals surface area contributed by atoms with Crippen molar-refractivity contribution in [2.45, 2.75) is 13.0 Å². The Kier molecular flexibility index (Phi) is 6.50. The molecule has 2 N–H and O–H groups in total. The number of carbonyl (C=O) groups is 1. The highest BCUT2D eigenvalue weighted by Gasteiger charge is 2.19. The molecule has 0 aliphatic carbocycles. The molecule has 0 spiro atoms. The third-order valence-electron chi connectivity index (χ3n) is 5.32. The minimum absolute atomic E-state index is 0.0420. The summed E-state index contributed by atoms with van der Waals surface area (Å²) in [6.45, 7) is 2.01. The fourth-order valence-corrected chi connectivity index (χ4v) is 3.70. The quantitative estimate of drug-likeness (QED) is 0.415. The van der Waals surface area contributed by atoms with Crippen molar-refractivity contribution in [2.24, 2.45) is 7.05 Å². The van der Waals surface area contributed by atoms with Gasteiger partial charge in [0, 0.05) is 26.6 Å². The summed E-state index contributed by atoms with van der Waals surface area (Å²) in [5, 5.41) is 26.2. The Morgan fingerprint density at radius 2 is 2.03 bits per heavy atom. The molecular weight excluding hydrogens is 408 g/mol. The van der Waals surface area contributed by atoms with Crippen molar-refractivity contribution in [1.82, 2.24) is 15.1 Å². The second-order valence-corrected chi connectivity index (χ2v) is 7.45. The van der Waals surface area contributed by atoms with Crippen LogP contribution in [0.25, 0.3) is 11.1 Å². The highest BCUT2D eigenvalue weighted by Crippen LogP contribution is 2.36. The van der Waals surface area contributed by atoms with Crippen LogP contribution in [0.3, 0.4) is 0 Å². The lowest BCUT2D eigenvalue weighted by Gasteiger charge is -2.19. The van der Waals surface area contributed by atoms with Gasteiger partial charge in [-0.25, -0.2) is 0 Å². The molecule has 1 aliphatic heterocycles. The molecule has 0 saturated heterocycles. The predicted octanol–water partition coefficient (Wildman–Crippen LogP) is 2.24. The number of Topliss-reactive ketones (excluding diaryl/α,β-unsaturated/α-hetero) is 1. The van der Waals surface area contributed by atoms with Crippen LogP contribution in [0.4, 0.5) is 0 Å². The van der Waals surface area contributed by atoms with E-state index < -0.39 is 0 Å². The van der Waals surface area contributed by atoms with Crippen LogP contribution in [0, 0.1) is 11.3 Å². The number of nitrogens with zero attached hydrogens (tertiary/aromatic N) is 3. The van der Waals surface area contributed by atoms with E-state index in [2.05, 4.69) is 16.5 Å². The molecule has 1 aliphatic rings. The van der Waals surface area contributed by atoms with E-state index in [4.69, 9.17) is 14.6 Å². The van der Waals surface area contributed by atoms with Crippen molar-refractivity contribution in [3.8, 4) is 28.7 Å². The lowest BCUT2D eigenvalue weighted by Crippen LogP contribution is -2.19. The van der Waals surface area contributed by atoms with Crippen LogP contribution >= 0.6 is 0 Å². The standard InChI is InChI=1S/C24H24N4O4/c1-28-18(15-26-7-8-29)13-21(27-28)22(30)11-16-3-2-4-19(20(16)14-25)17-5-6-23-24(12-17)32-10-9-31-23/h2-6,12-13,26,29H,7-11,15H2,1H3. The smallest absolute Gasteiger partial charge is 0.187 e. The topological polar surface area (TPSA) is 109 Å². The second-order valence-electron chi connectivity index (χ2n) is 7.45. The Labute approximate surface area is 186 Å². The Morgan fingerprint density at radius 3 is 2.81 bits per heavy atom. The molecule has 3 aromatic rings. The first-order chi connectivity index (χ1) is 15.6. The number of ketones is 1. The van der Waals surface area contributed by atoms with Crippen LogP contribution in [0.15, 0.2) is 42.5 Å². The number of nitriles is 1. The van der Waals surface area contributed by atoms with Crippen LogP contribution in [0.5, 0.6) is 11.5 Å². The molecule has 4 rings (SSSR count). The van der Waals surface area contributed by atoms with Gasteiger partial charge in [0.1, 0.15) is 25.0 Å². The number of rotatable bonds is 8. The number of aliphatic hydroxyl groups excluding tert-OH is 1.